The molecule has 0 radical (unpaired) electrons. The van der Waals surface area contributed by atoms with Crippen LogP contribution in [-0.2, 0) is 16.0 Å². The summed E-state index contributed by atoms with van der Waals surface area (Å²) in [6.45, 7) is 2.76. The summed E-state index contributed by atoms with van der Waals surface area (Å²) < 4.78 is 10.9. The molecule has 0 atom stereocenters. The van der Waals surface area contributed by atoms with Crippen molar-refractivity contribution in [3.05, 3.63) is 17.7 Å². The number of ether oxygens (including phenoxy) is 2. The number of unbranched alkanes of at least 4 members (excludes halogenated alkanes) is 3. The fourth-order valence-corrected chi connectivity index (χ4v) is 1.82. The van der Waals surface area contributed by atoms with Gasteiger partial charge in [-0.3, -0.25) is 0 Å². The zero-order valence-corrected chi connectivity index (χ0v) is 11.6. The van der Waals surface area contributed by atoms with Crippen molar-refractivity contribution in [2.75, 3.05) is 14.2 Å². The fourth-order valence-electron chi connectivity index (χ4n) is 1.82. The van der Waals surface area contributed by atoms with Crippen LogP contribution in [0.3, 0.4) is 0 Å². The normalized spacial score (nSPS) is 10.3. The molecule has 6 nitrogen and oxygen atoms in total. The molecule has 0 bridgehead atoms. The summed E-state index contributed by atoms with van der Waals surface area (Å²) in [6, 6.07) is 0. The van der Waals surface area contributed by atoms with Gasteiger partial charge in [-0.2, -0.15) is 0 Å². The van der Waals surface area contributed by atoms with Crippen molar-refractivity contribution >= 4 is 11.9 Å². The molecular formula is C13H20N2O4. The summed E-state index contributed by atoms with van der Waals surface area (Å²) in [5.41, 5.74) is 0.163. The number of carbonyl (C=O) groups is 2. The number of aryl methyl sites for hydroxylation is 1. The number of aromatic nitrogens is 2. The van der Waals surface area contributed by atoms with E-state index in [4.69, 9.17) is 4.74 Å². The van der Waals surface area contributed by atoms with Crippen molar-refractivity contribution in [1.82, 2.24) is 9.55 Å². The molecule has 0 aliphatic rings. The van der Waals surface area contributed by atoms with E-state index in [0.717, 1.165) is 25.7 Å². The molecule has 0 unspecified atom stereocenters. The Morgan fingerprint density at radius 1 is 1.16 bits per heavy atom. The topological polar surface area (TPSA) is 70.4 Å². The predicted molar refractivity (Wildman–Crippen MR) is 69.0 cm³/mol. The molecule has 0 aromatic carbocycles. The minimum Gasteiger partial charge on any atom is -0.464 e. The number of imidazole rings is 1. The highest BCUT2D eigenvalue weighted by atomic mass is 16.5. The first kappa shape index (κ1) is 15.2. The molecular weight excluding hydrogens is 248 g/mol. The Labute approximate surface area is 112 Å². The molecule has 1 aromatic heterocycles. The standard InChI is InChI=1S/C13H20N2O4/c1-4-5-6-7-8-15-9-14-10(12(16)18-2)11(15)13(17)19-3/h9H,4-8H2,1-3H3. The van der Waals surface area contributed by atoms with Gasteiger partial charge in [-0.15, -0.1) is 0 Å². The van der Waals surface area contributed by atoms with Gasteiger partial charge in [0.15, 0.2) is 11.4 Å². The molecule has 106 valence electrons. The van der Waals surface area contributed by atoms with Crippen LogP contribution < -0.4 is 0 Å². The largest absolute Gasteiger partial charge is 0.464 e. The summed E-state index contributed by atoms with van der Waals surface area (Å²) in [7, 11) is 2.53. The van der Waals surface area contributed by atoms with E-state index in [0.29, 0.717) is 6.54 Å². The van der Waals surface area contributed by atoms with Gasteiger partial charge in [0.1, 0.15) is 0 Å². The van der Waals surface area contributed by atoms with Crippen LogP contribution in [0.25, 0.3) is 0 Å². The second-order valence-electron chi connectivity index (χ2n) is 4.18. The third-order valence-corrected chi connectivity index (χ3v) is 2.85. The van der Waals surface area contributed by atoms with Crippen molar-refractivity contribution in [2.45, 2.75) is 39.2 Å². The molecule has 0 spiro atoms. The maximum Gasteiger partial charge on any atom is 0.359 e. The maximum atomic E-state index is 11.7. The zero-order valence-electron chi connectivity index (χ0n) is 11.6. The Hall–Kier alpha value is -1.85. The molecule has 1 aromatic rings. The van der Waals surface area contributed by atoms with Gasteiger partial charge in [0.05, 0.1) is 20.5 Å². The molecule has 1 rings (SSSR count). The summed E-state index contributed by atoms with van der Waals surface area (Å²) in [5.74, 6) is -1.21. The Bertz CT molecular complexity index is 440. The summed E-state index contributed by atoms with van der Waals surface area (Å²) >= 11 is 0. The van der Waals surface area contributed by atoms with Crippen LogP contribution in [0, 0.1) is 0 Å². The van der Waals surface area contributed by atoms with Crippen LogP contribution in [0.15, 0.2) is 6.33 Å². The fraction of sp³-hybridized carbons (Fsp3) is 0.615. The first-order valence-electron chi connectivity index (χ1n) is 6.37. The monoisotopic (exact) mass is 268 g/mol. The highest BCUT2D eigenvalue weighted by Crippen LogP contribution is 2.12. The van der Waals surface area contributed by atoms with E-state index < -0.39 is 11.9 Å². The molecule has 19 heavy (non-hydrogen) atoms. The molecule has 0 saturated carbocycles. The molecule has 0 fully saturated rings. The second kappa shape index (κ2) is 7.56. The molecule has 0 amide bonds. The second-order valence-corrected chi connectivity index (χ2v) is 4.18. The first-order chi connectivity index (χ1) is 9.15. The van der Waals surface area contributed by atoms with E-state index in [1.54, 1.807) is 4.57 Å². The van der Waals surface area contributed by atoms with E-state index in [9.17, 15) is 9.59 Å². The van der Waals surface area contributed by atoms with Gasteiger partial charge in [-0.05, 0) is 6.42 Å². The highest BCUT2D eigenvalue weighted by Gasteiger charge is 2.24. The Kier molecular flexibility index (Phi) is 6.05. The van der Waals surface area contributed by atoms with E-state index in [1.165, 1.54) is 20.5 Å². The summed E-state index contributed by atoms with van der Waals surface area (Å²) in [5, 5.41) is 0. The lowest BCUT2D eigenvalue weighted by Crippen LogP contribution is -2.16. The Morgan fingerprint density at radius 2 is 1.84 bits per heavy atom. The van der Waals surface area contributed by atoms with E-state index >= 15 is 0 Å². The number of nitrogens with zero attached hydrogens (tertiary/aromatic N) is 2. The van der Waals surface area contributed by atoms with Gasteiger partial charge in [-0.25, -0.2) is 14.6 Å². The van der Waals surface area contributed by atoms with Gasteiger partial charge < -0.3 is 14.0 Å². The zero-order chi connectivity index (χ0) is 14.3. The van der Waals surface area contributed by atoms with Crippen LogP contribution in [-0.4, -0.2) is 35.7 Å². The lowest BCUT2D eigenvalue weighted by molar-refractivity contribution is 0.0543. The third-order valence-electron chi connectivity index (χ3n) is 2.85. The number of hydrogen-bond donors (Lipinski definition) is 0. The minimum atomic E-state index is -0.632. The molecule has 0 aliphatic heterocycles. The lowest BCUT2D eigenvalue weighted by Gasteiger charge is -2.07. The number of esters is 2. The maximum absolute atomic E-state index is 11.7. The minimum absolute atomic E-state index is 0.00448. The van der Waals surface area contributed by atoms with Crippen LogP contribution in [0.4, 0.5) is 0 Å². The number of hydrogen-bond acceptors (Lipinski definition) is 5. The van der Waals surface area contributed by atoms with Gasteiger partial charge in [0, 0.05) is 6.54 Å². The van der Waals surface area contributed by atoms with Crippen molar-refractivity contribution in [3.63, 3.8) is 0 Å². The Balaban J connectivity index is 2.88. The summed E-state index contributed by atoms with van der Waals surface area (Å²) in [4.78, 5) is 27.2. The number of carbonyl (C=O) groups excluding carboxylic acids is 2. The van der Waals surface area contributed by atoms with Crippen LogP contribution in [0.1, 0.15) is 53.6 Å². The van der Waals surface area contributed by atoms with E-state index in [2.05, 4.69) is 16.6 Å². The first-order valence-corrected chi connectivity index (χ1v) is 6.37. The van der Waals surface area contributed by atoms with E-state index in [1.807, 2.05) is 0 Å². The third kappa shape index (κ3) is 3.81. The SMILES string of the molecule is CCCCCCn1cnc(C(=O)OC)c1C(=O)OC. The quantitative estimate of drug-likeness (QED) is 0.559. The van der Waals surface area contributed by atoms with Crippen LogP contribution in [0.5, 0.6) is 0 Å². The lowest BCUT2D eigenvalue weighted by atomic mass is 10.2. The van der Waals surface area contributed by atoms with Crippen molar-refractivity contribution < 1.29 is 19.1 Å². The number of methoxy groups -OCH3 is 2. The van der Waals surface area contributed by atoms with Gasteiger partial charge in [0.25, 0.3) is 0 Å². The average Bonchev–Trinajstić information content (AvgIpc) is 2.85. The smallest absolute Gasteiger partial charge is 0.359 e. The molecule has 6 heteroatoms. The highest BCUT2D eigenvalue weighted by molar-refractivity contribution is 6.00. The van der Waals surface area contributed by atoms with Crippen molar-refractivity contribution in [1.29, 1.82) is 0 Å². The van der Waals surface area contributed by atoms with Gasteiger partial charge in [0.2, 0.25) is 0 Å². The number of rotatable bonds is 7. The molecule has 1 heterocycles. The van der Waals surface area contributed by atoms with E-state index in [-0.39, 0.29) is 11.4 Å². The van der Waals surface area contributed by atoms with Crippen LogP contribution >= 0.6 is 0 Å². The summed E-state index contributed by atoms with van der Waals surface area (Å²) in [6.07, 6.45) is 5.76. The van der Waals surface area contributed by atoms with Crippen molar-refractivity contribution in [2.24, 2.45) is 0 Å². The average molecular weight is 268 g/mol. The molecule has 0 N–H and O–H groups in total. The van der Waals surface area contributed by atoms with Gasteiger partial charge >= 0.3 is 11.9 Å². The van der Waals surface area contributed by atoms with Crippen molar-refractivity contribution in [3.8, 4) is 0 Å². The predicted octanol–water partition coefficient (Wildman–Crippen LogP) is 2.04. The van der Waals surface area contributed by atoms with Gasteiger partial charge in [-0.1, -0.05) is 26.2 Å². The Morgan fingerprint density at radius 3 is 2.42 bits per heavy atom. The van der Waals surface area contributed by atoms with Crippen LogP contribution in [0.2, 0.25) is 0 Å². The molecule has 0 aliphatic carbocycles. The molecule has 0 saturated heterocycles.